The number of methoxy groups -OCH3 is 1. The van der Waals surface area contributed by atoms with Gasteiger partial charge >= 0.3 is 0 Å². The zero-order chi connectivity index (χ0) is 18.0. The molecule has 0 spiro atoms. The molecule has 1 heterocycles. The highest BCUT2D eigenvalue weighted by Crippen LogP contribution is 2.33. The van der Waals surface area contributed by atoms with Gasteiger partial charge in [0.25, 0.3) is 0 Å². The van der Waals surface area contributed by atoms with E-state index >= 15 is 0 Å². The number of para-hydroxylation sites is 1. The van der Waals surface area contributed by atoms with E-state index in [1.807, 2.05) is 12.1 Å². The Bertz CT molecular complexity index is 781. The van der Waals surface area contributed by atoms with Crippen LogP contribution in [0.15, 0.2) is 42.5 Å². The molecule has 1 aliphatic heterocycles. The highest BCUT2D eigenvalue weighted by Gasteiger charge is 2.35. The minimum atomic E-state index is -0.962. The van der Waals surface area contributed by atoms with Gasteiger partial charge in [0.15, 0.2) is 11.6 Å². The van der Waals surface area contributed by atoms with Crippen molar-refractivity contribution in [2.75, 3.05) is 13.7 Å². The first-order chi connectivity index (χ1) is 12.0. The van der Waals surface area contributed by atoms with Gasteiger partial charge in [0.2, 0.25) is 5.91 Å². The Labute approximate surface area is 144 Å². The van der Waals surface area contributed by atoms with Crippen molar-refractivity contribution in [1.29, 1.82) is 0 Å². The minimum absolute atomic E-state index is 0.108. The number of ether oxygens (including phenoxy) is 1. The van der Waals surface area contributed by atoms with E-state index in [1.165, 1.54) is 18.1 Å². The Morgan fingerprint density at radius 2 is 2.00 bits per heavy atom. The molecule has 2 aromatic rings. The van der Waals surface area contributed by atoms with Gasteiger partial charge in [-0.3, -0.25) is 4.79 Å². The topological polar surface area (TPSA) is 49.8 Å². The summed E-state index contributed by atoms with van der Waals surface area (Å²) in [6, 6.07) is 10.3. The maximum Gasteiger partial charge on any atom is 0.227 e. The highest BCUT2D eigenvalue weighted by molar-refractivity contribution is 5.80. The average molecular weight is 347 g/mol. The van der Waals surface area contributed by atoms with Crippen LogP contribution >= 0.6 is 0 Å². The lowest BCUT2D eigenvalue weighted by atomic mass is 10.0. The van der Waals surface area contributed by atoms with E-state index < -0.39 is 23.8 Å². The second kappa shape index (κ2) is 7.19. The number of likely N-dealkylation sites (tertiary alicyclic amines) is 1. The van der Waals surface area contributed by atoms with Crippen molar-refractivity contribution in [2.45, 2.75) is 25.0 Å². The second-order valence-electron chi connectivity index (χ2n) is 6.11. The molecule has 0 saturated carbocycles. The van der Waals surface area contributed by atoms with Gasteiger partial charge < -0.3 is 14.7 Å². The lowest BCUT2D eigenvalue weighted by Gasteiger charge is -2.25. The summed E-state index contributed by atoms with van der Waals surface area (Å²) in [4.78, 5) is 14.3. The normalized spacial score (nSPS) is 19.9. The Hall–Kier alpha value is -2.47. The predicted molar refractivity (Wildman–Crippen MR) is 88.1 cm³/mol. The van der Waals surface area contributed by atoms with Crippen LogP contribution in [0.1, 0.15) is 23.6 Å². The van der Waals surface area contributed by atoms with E-state index in [0.29, 0.717) is 17.7 Å². The standard InChI is InChI=1S/C19H19F2NO3/c1-25-18-5-3-2-4-13(18)9-19(24)22-11-14(23)10-17(22)12-6-7-15(20)16(21)8-12/h2-8,14,17,23H,9-11H2,1H3/t14-,17-/m1/s1. The monoisotopic (exact) mass is 347 g/mol. The molecular formula is C19H19F2NO3. The zero-order valence-corrected chi connectivity index (χ0v) is 13.8. The molecular weight excluding hydrogens is 328 g/mol. The molecule has 6 heteroatoms. The molecule has 25 heavy (non-hydrogen) atoms. The number of β-amino-alcohol motifs (C(OH)–C–C–N with tert-alkyl or cyclic N) is 1. The van der Waals surface area contributed by atoms with Crippen molar-refractivity contribution in [2.24, 2.45) is 0 Å². The van der Waals surface area contributed by atoms with Crippen LogP contribution in [0.3, 0.4) is 0 Å². The Morgan fingerprint density at radius 3 is 2.72 bits per heavy atom. The third-order valence-corrected chi connectivity index (χ3v) is 4.46. The van der Waals surface area contributed by atoms with Gasteiger partial charge in [-0.15, -0.1) is 0 Å². The summed E-state index contributed by atoms with van der Waals surface area (Å²) in [5, 5.41) is 9.98. The van der Waals surface area contributed by atoms with Crippen LogP contribution < -0.4 is 4.74 Å². The number of nitrogens with zero attached hydrogens (tertiary/aromatic N) is 1. The first-order valence-corrected chi connectivity index (χ1v) is 8.04. The molecule has 0 radical (unpaired) electrons. The second-order valence-corrected chi connectivity index (χ2v) is 6.11. The van der Waals surface area contributed by atoms with Gasteiger partial charge in [0.05, 0.1) is 25.7 Å². The molecule has 132 valence electrons. The lowest BCUT2D eigenvalue weighted by molar-refractivity contribution is -0.131. The number of aliphatic hydroxyl groups is 1. The third-order valence-electron chi connectivity index (χ3n) is 4.46. The largest absolute Gasteiger partial charge is 0.496 e. The summed E-state index contributed by atoms with van der Waals surface area (Å²) in [6.45, 7) is 0.164. The van der Waals surface area contributed by atoms with E-state index in [2.05, 4.69) is 0 Å². The number of hydrogen-bond donors (Lipinski definition) is 1. The predicted octanol–water partition coefficient (Wildman–Crippen LogP) is 2.85. The van der Waals surface area contributed by atoms with Crippen molar-refractivity contribution in [1.82, 2.24) is 4.90 Å². The van der Waals surface area contributed by atoms with Gasteiger partial charge in [0.1, 0.15) is 5.75 Å². The van der Waals surface area contributed by atoms with Gasteiger partial charge in [-0.2, -0.15) is 0 Å². The number of halogens is 2. The van der Waals surface area contributed by atoms with Crippen LogP contribution in [0, 0.1) is 11.6 Å². The summed E-state index contributed by atoms with van der Waals surface area (Å²) in [5.41, 5.74) is 1.21. The molecule has 0 unspecified atom stereocenters. The number of carbonyl (C=O) groups is 1. The summed E-state index contributed by atoms with van der Waals surface area (Å²) in [6.07, 6.45) is -0.292. The maximum atomic E-state index is 13.5. The van der Waals surface area contributed by atoms with Crippen LogP contribution in [0.25, 0.3) is 0 Å². The van der Waals surface area contributed by atoms with Crippen LogP contribution in [0.5, 0.6) is 5.75 Å². The first-order valence-electron chi connectivity index (χ1n) is 8.04. The van der Waals surface area contributed by atoms with Crippen LogP contribution in [0.2, 0.25) is 0 Å². The molecule has 1 fully saturated rings. The van der Waals surface area contributed by atoms with Crippen molar-refractivity contribution in [3.8, 4) is 5.75 Å². The molecule has 1 amide bonds. The Balaban J connectivity index is 1.83. The smallest absolute Gasteiger partial charge is 0.227 e. The zero-order valence-electron chi connectivity index (χ0n) is 13.8. The number of amides is 1. The Morgan fingerprint density at radius 1 is 1.24 bits per heavy atom. The van der Waals surface area contributed by atoms with Gasteiger partial charge in [-0.25, -0.2) is 8.78 Å². The molecule has 0 aliphatic carbocycles. The van der Waals surface area contributed by atoms with Gasteiger partial charge in [-0.05, 0) is 30.2 Å². The van der Waals surface area contributed by atoms with Gasteiger partial charge in [0, 0.05) is 12.1 Å². The van der Waals surface area contributed by atoms with Crippen molar-refractivity contribution < 1.29 is 23.4 Å². The molecule has 1 N–H and O–H groups in total. The lowest BCUT2D eigenvalue weighted by Crippen LogP contribution is -2.33. The van der Waals surface area contributed by atoms with E-state index in [4.69, 9.17) is 4.74 Å². The Kier molecular flexibility index (Phi) is 4.99. The fraction of sp³-hybridized carbons (Fsp3) is 0.316. The quantitative estimate of drug-likeness (QED) is 0.925. The molecule has 1 saturated heterocycles. The molecule has 1 aliphatic rings. The van der Waals surface area contributed by atoms with E-state index in [1.54, 1.807) is 12.1 Å². The molecule has 0 aromatic heterocycles. The number of hydrogen-bond acceptors (Lipinski definition) is 3. The highest BCUT2D eigenvalue weighted by atomic mass is 19.2. The summed E-state index contributed by atoms with van der Waals surface area (Å²) >= 11 is 0. The van der Waals surface area contributed by atoms with E-state index in [-0.39, 0.29) is 18.9 Å². The summed E-state index contributed by atoms with van der Waals surface area (Å²) in [7, 11) is 1.53. The van der Waals surface area contributed by atoms with Gasteiger partial charge in [-0.1, -0.05) is 24.3 Å². The molecule has 2 aromatic carbocycles. The van der Waals surface area contributed by atoms with E-state index in [9.17, 15) is 18.7 Å². The van der Waals surface area contributed by atoms with Crippen LogP contribution in [-0.2, 0) is 11.2 Å². The fourth-order valence-electron chi connectivity index (χ4n) is 3.24. The summed E-state index contributed by atoms with van der Waals surface area (Å²) in [5.74, 6) is -1.49. The molecule has 2 atom stereocenters. The molecule has 4 nitrogen and oxygen atoms in total. The third kappa shape index (κ3) is 3.64. The van der Waals surface area contributed by atoms with Crippen molar-refractivity contribution in [3.05, 3.63) is 65.2 Å². The SMILES string of the molecule is COc1ccccc1CC(=O)N1C[C@H](O)C[C@@H]1c1ccc(F)c(F)c1. The van der Waals surface area contributed by atoms with Crippen molar-refractivity contribution >= 4 is 5.91 Å². The molecule has 0 bridgehead atoms. The fourth-order valence-corrected chi connectivity index (χ4v) is 3.24. The number of rotatable bonds is 4. The average Bonchev–Trinajstić information content (AvgIpc) is 3.00. The first kappa shape index (κ1) is 17.4. The maximum absolute atomic E-state index is 13.5. The summed E-state index contributed by atoms with van der Waals surface area (Å²) < 4.78 is 32.0. The number of benzene rings is 2. The number of carbonyl (C=O) groups excluding carboxylic acids is 1. The minimum Gasteiger partial charge on any atom is -0.496 e. The van der Waals surface area contributed by atoms with Crippen molar-refractivity contribution in [3.63, 3.8) is 0 Å². The van der Waals surface area contributed by atoms with Crippen LogP contribution in [0.4, 0.5) is 8.78 Å². The molecule has 3 rings (SSSR count). The van der Waals surface area contributed by atoms with E-state index in [0.717, 1.165) is 17.7 Å². The van der Waals surface area contributed by atoms with Crippen LogP contribution in [-0.4, -0.2) is 35.7 Å². The number of aliphatic hydroxyl groups excluding tert-OH is 1.